The van der Waals surface area contributed by atoms with Gasteiger partial charge < -0.3 is 19.9 Å². The number of nitrogens with zero attached hydrogens (tertiary/aromatic N) is 4. The van der Waals surface area contributed by atoms with E-state index in [0.29, 0.717) is 12.1 Å². The Hall–Kier alpha value is -2.51. The highest BCUT2D eigenvalue weighted by atomic mass is 16.5. The number of carbonyl (C=O) groups is 1. The quantitative estimate of drug-likeness (QED) is 0.789. The van der Waals surface area contributed by atoms with E-state index < -0.39 is 0 Å². The summed E-state index contributed by atoms with van der Waals surface area (Å²) in [7, 11) is 3.79. The van der Waals surface area contributed by atoms with Gasteiger partial charge in [0, 0.05) is 51.0 Å². The van der Waals surface area contributed by atoms with Crippen molar-refractivity contribution in [3.05, 3.63) is 42.0 Å². The van der Waals surface area contributed by atoms with Gasteiger partial charge in [-0.25, -0.2) is 0 Å². The van der Waals surface area contributed by atoms with Crippen LogP contribution in [0.25, 0.3) is 11.3 Å². The van der Waals surface area contributed by atoms with Crippen LogP contribution in [-0.4, -0.2) is 74.0 Å². The predicted octanol–water partition coefficient (Wildman–Crippen LogP) is 2.05. The molecule has 7 heteroatoms. The van der Waals surface area contributed by atoms with E-state index in [2.05, 4.69) is 32.4 Å². The van der Waals surface area contributed by atoms with E-state index in [4.69, 9.17) is 4.74 Å². The molecule has 1 unspecified atom stereocenters. The molecule has 0 radical (unpaired) electrons. The minimum atomic E-state index is -0.0986. The van der Waals surface area contributed by atoms with E-state index >= 15 is 0 Å². The number of likely N-dealkylation sites (N-methyl/N-ethyl adjacent to an activating group) is 1. The number of piperazine rings is 1. The second kappa shape index (κ2) is 9.61. The van der Waals surface area contributed by atoms with Crippen molar-refractivity contribution in [1.82, 2.24) is 20.4 Å². The maximum absolute atomic E-state index is 12.3. The van der Waals surface area contributed by atoms with Crippen molar-refractivity contribution >= 4 is 11.7 Å². The summed E-state index contributed by atoms with van der Waals surface area (Å²) in [6.45, 7) is 6.55. The number of rotatable bonds is 7. The van der Waals surface area contributed by atoms with Crippen molar-refractivity contribution in [3.8, 4) is 11.3 Å². The monoisotopic (exact) mass is 383 g/mol. The fraction of sp³-hybridized carbons (Fsp3) is 0.476. The number of carbonyl (C=O) groups excluding carboxylic acids is 1. The molecule has 0 spiro atoms. The summed E-state index contributed by atoms with van der Waals surface area (Å²) < 4.78 is 5.29. The first-order valence-corrected chi connectivity index (χ1v) is 9.79. The number of anilines is 1. The molecule has 3 rings (SSSR count). The van der Waals surface area contributed by atoms with Crippen molar-refractivity contribution in [2.45, 2.75) is 19.4 Å². The van der Waals surface area contributed by atoms with Gasteiger partial charge in [0.2, 0.25) is 0 Å². The summed E-state index contributed by atoms with van der Waals surface area (Å²) in [6, 6.07) is 11.4. The van der Waals surface area contributed by atoms with Gasteiger partial charge in [-0.2, -0.15) is 0 Å². The van der Waals surface area contributed by atoms with Gasteiger partial charge in [0.15, 0.2) is 5.82 Å². The normalized spacial score (nSPS) is 16.0. The molecule has 7 nitrogen and oxygen atoms in total. The zero-order chi connectivity index (χ0) is 19.9. The molecule has 0 saturated carbocycles. The summed E-state index contributed by atoms with van der Waals surface area (Å²) in [5.41, 5.74) is 2.37. The molecule has 1 aliphatic heterocycles. The summed E-state index contributed by atoms with van der Waals surface area (Å²) in [5.74, 6) is 0.815. The Morgan fingerprint density at radius 3 is 2.39 bits per heavy atom. The second-order valence-corrected chi connectivity index (χ2v) is 7.12. The summed E-state index contributed by atoms with van der Waals surface area (Å²) in [6.07, 6.45) is 0.899. The van der Waals surface area contributed by atoms with Crippen LogP contribution in [0.4, 0.5) is 5.82 Å². The predicted molar refractivity (Wildman–Crippen MR) is 111 cm³/mol. The number of benzene rings is 1. The Morgan fingerprint density at radius 2 is 1.82 bits per heavy atom. The van der Waals surface area contributed by atoms with Gasteiger partial charge in [0.05, 0.1) is 11.8 Å². The van der Waals surface area contributed by atoms with Crippen LogP contribution in [0, 0.1) is 0 Å². The lowest BCUT2D eigenvalue weighted by molar-refractivity contribution is 0.0815. The van der Waals surface area contributed by atoms with Crippen molar-refractivity contribution in [3.63, 3.8) is 0 Å². The first-order chi connectivity index (χ1) is 13.6. The van der Waals surface area contributed by atoms with Gasteiger partial charge in [-0.3, -0.25) is 4.79 Å². The van der Waals surface area contributed by atoms with Gasteiger partial charge >= 0.3 is 0 Å². The van der Waals surface area contributed by atoms with Gasteiger partial charge in [-0.1, -0.05) is 19.1 Å². The molecule has 0 aliphatic carbocycles. The summed E-state index contributed by atoms with van der Waals surface area (Å²) >= 11 is 0. The molecular formula is C21H29N5O2. The van der Waals surface area contributed by atoms with Crippen LogP contribution in [0.1, 0.15) is 23.7 Å². The lowest BCUT2D eigenvalue weighted by Crippen LogP contribution is -2.44. The minimum Gasteiger partial charge on any atom is -0.380 e. The molecule has 1 atom stereocenters. The molecule has 2 aromatic rings. The average Bonchev–Trinajstić information content (AvgIpc) is 2.75. The maximum Gasteiger partial charge on any atom is 0.251 e. The zero-order valence-electron chi connectivity index (χ0n) is 16.9. The highest BCUT2D eigenvalue weighted by Gasteiger charge is 2.16. The second-order valence-electron chi connectivity index (χ2n) is 7.12. The molecular weight excluding hydrogens is 354 g/mol. The van der Waals surface area contributed by atoms with E-state index in [9.17, 15) is 4.79 Å². The maximum atomic E-state index is 12.3. The van der Waals surface area contributed by atoms with Crippen LogP contribution in [0.3, 0.4) is 0 Å². The first kappa shape index (κ1) is 20.2. The average molecular weight is 383 g/mol. The van der Waals surface area contributed by atoms with E-state index in [0.717, 1.165) is 49.7 Å². The fourth-order valence-electron chi connectivity index (χ4n) is 3.18. The molecule has 1 fully saturated rings. The molecule has 1 amide bonds. The van der Waals surface area contributed by atoms with Crippen LogP contribution in [0.2, 0.25) is 0 Å². The molecule has 1 N–H and O–H groups in total. The molecule has 1 aromatic heterocycles. The molecule has 1 saturated heterocycles. The van der Waals surface area contributed by atoms with Gasteiger partial charge in [-0.15, -0.1) is 10.2 Å². The number of amides is 1. The number of nitrogens with one attached hydrogen (secondary N) is 1. The van der Waals surface area contributed by atoms with E-state index in [1.165, 1.54) is 0 Å². The lowest BCUT2D eigenvalue weighted by Gasteiger charge is -2.32. The lowest BCUT2D eigenvalue weighted by atomic mass is 10.1. The number of hydrogen-bond acceptors (Lipinski definition) is 6. The molecule has 28 heavy (non-hydrogen) atoms. The van der Waals surface area contributed by atoms with E-state index in [1.807, 2.05) is 43.3 Å². The highest BCUT2D eigenvalue weighted by molar-refractivity contribution is 5.94. The Bertz CT molecular complexity index is 751. The Kier molecular flexibility index (Phi) is 6.95. The molecule has 150 valence electrons. The largest absolute Gasteiger partial charge is 0.380 e. The van der Waals surface area contributed by atoms with E-state index in [-0.39, 0.29) is 12.0 Å². The molecule has 1 aliphatic rings. The number of hydrogen-bond donors (Lipinski definition) is 1. The molecule has 1 aromatic carbocycles. The standard InChI is InChI=1S/C21H29N5O2/c1-4-18(28-3)15-22-21(27)17-7-5-16(6-8-17)19-9-10-20(24-23-19)26-13-11-25(2)12-14-26/h5-10,18H,4,11-15H2,1-3H3,(H,22,27). The number of aromatic nitrogens is 2. The minimum absolute atomic E-state index is 0.0392. The third-order valence-corrected chi connectivity index (χ3v) is 5.20. The third-order valence-electron chi connectivity index (χ3n) is 5.20. The van der Waals surface area contributed by atoms with E-state index in [1.54, 1.807) is 7.11 Å². The SMILES string of the molecule is CCC(CNC(=O)c1ccc(-c2ccc(N3CCN(C)CC3)nn2)cc1)OC. The Labute approximate surface area is 166 Å². The van der Waals surface area contributed by atoms with Gasteiger partial charge in [-0.05, 0) is 37.7 Å². The van der Waals surface area contributed by atoms with Gasteiger partial charge in [0.25, 0.3) is 5.91 Å². The first-order valence-electron chi connectivity index (χ1n) is 9.79. The van der Waals surface area contributed by atoms with Crippen LogP contribution in [0.15, 0.2) is 36.4 Å². The smallest absolute Gasteiger partial charge is 0.251 e. The van der Waals surface area contributed by atoms with Gasteiger partial charge in [0.1, 0.15) is 0 Å². The van der Waals surface area contributed by atoms with Crippen molar-refractivity contribution in [1.29, 1.82) is 0 Å². The zero-order valence-corrected chi connectivity index (χ0v) is 16.9. The number of ether oxygens (including phenoxy) is 1. The molecule has 2 heterocycles. The topological polar surface area (TPSA) is 70.6 Å². The van der Waals surface area contributed by atoms with Crippen LogP contribution in [0.5, 0.6) is 0 Å². The van der Waals surface area contributed by atoms with Crippen molar-refractivity contribution in [2.75, 3.05) is 51.8 Å². The molecule has 0 bridgehead atoms. The van der Waals surface area contributed by atoms with Crippen LogP contribution in [-0.2, 0) is 4.74 Å². The highest BCUT2D eigenvalue weighted by Crippen LogP contribution is 2.20. The van der Waals surface area contributed by atoms with Crippen molar-refractivity contribution < 1.29 is 9.53 Å². The summed E-state index contributed by atoms with van der Waals surface area (Å²) in [5, 5.41) is 11.7. The Morgan fingerprint density at radius 1 is 1.11 bits per heavy atom. The third kappa shape index (κ3) is 5.05. The van der Waals surface area contributed by atoms with Crippen LogP contribution >= 0.6 is 0 Å². The van der Waals surface area contributed by atoms with Crippen LogP contribution < -0.4 is 10.2 Å². The Balaban J connectivity index is 1.61. The summed E-state index contributed by atoms with van der Waals surface area (Å²) in [4.78, 5) is 16.8. The number of methoxy groups -OCH3 is 1. The fourth-order valence-corrected chi connectivity index (χ4v) is 3.18. The van der Waals surface area contributed by atoms with Crippen molar-refractivity contribution in [2.24, 2.45) is 0 Å².